The van der Waals surface area contributed by atoms with Crippen LogP contribution in [0.1, 0.15) is 29.0 Å². The number of carbonyl (C=O) groups is 1. The van der Waals surface area contributed by atoms with Crippen LogP contribution in [0.25, 0.3) is 0 Å². The van der Waals surface area contributed by atoms with E-state index in [1.165, 1.54) is 12.8 Å². The van der Waals surface area contributed by atoms with Gasteiger partial charge < -0.3 is 10.6 Å². The van der Waals surface area contributed by atoms with Crippen LogP contribution in [0.3, 0.4) is 0 Å². The largest absolute Gasteiger partial charge is 0.333 e. The van der Waals surface area contributed by atoms with Gasteiger partial charge in [-0.25, -0.2) is 4.98 Å². The summed E-state index contributed by atoms with van der Waals surface area (Å²) >= 11 is 0. The molecular weight excluding hydrogens is 214 g/mol. The van der Waals surface area contributed by atoms with E-state index in [4.69, 9.17) is 5.73 Å². The van der Waals surface area contributed by atoms with Crippen molar-refractivity contribution < 1.29 is 4.79 Å². The normalized spacial score (nSPS) is 22.1. The third-order valence-electron chi connectivity index (χ3n) is 3.76. The van der Waals surface area contributed by atoms with Crippen LogP contribution < -0.4 is 5.73 Å². The molecule has 90 valence electrons. The molecule has 4 nitrogen and oxygen atoms in total. The second-order valence-corrected chi connectivity index (χ2v) is 5.33. The molecule has 4 heteroatoms. The monoisotopic (exact) mass is 231 g/mol. The van der Waals surface area contributed by atoms with E-state index in [0.29, 0.717) is 24.7 Å². The standard InChI is InChI=1S/C13H17N3O/c1-9-3-2-4-11(15-9)12(17)16-7-13(14,8-16)10-5-6-10/h2-4,10H,5-8,14H2,1H3. The van der Waals surface area contributed by atoms with E-state index in [2.05, 4.69) is 4.98 Å². The third-order valence-corrected chi connectivity index (χ3v) is 3.76. The second-order valence-electron chi connectivity index (χ2n) is 5.33. The van der Waals surface area contributed by atoms with Gasteiger partial charge in [-0.3, -0.25) is 4.79 Å². The van der Waals surface area contributed by atoms with Crippen LogP contribution in [0.15, 0.2) is 18.2 Å². The molecule has 1 aliphatic heterocycles. The Labute approximate surface area is 101 Å². The van der Waals surface area contributed by atoms with E-state index in [1.807, 2.05) is 19.1 Å². The van der Waals surface area contributed by atoms with Gasteiger partial charge in [-0.05, 0) is 37.8 Å². The van der Waals surface area contributed by atoms with Gasteiger partial charge in [-0.1, -0.05) is 6.07 Å². The molecule has 3 rings (SSSR count). The lowest BCUT2D eigenvalue weighted by Crippen LogP contribution is -2.69. The Bertz CT molecular complexity index is 461. The first-order chi connectivity index (χ1) is 8.08. The number of amides is 1. The summed E-state index contributed by atoms with van der Waals surface area (Å²) in [7, 11) is 0. The van der Waals surface area contributed by atoms with E-state index in [1.54, 1.807) is 11.0 Å². The van der Waals surface area contributed by atoms with Gasteiger partial charge in [0.05, 0.1) is 5.54 Å². The number of hydrogen-bond acceptors (Lipinski definition) is 3. The number of aryl methyl sites for hydroxylation is 1. The SMILES string of the molecule is Cc1cccc(C(=O)N2CC(N)(C3CC3)C2)n1. The molecule has 0 bridgehead atoms. The Morgan fingerprint density at radius 1 is 1.47 bits per heavy atom. The smallest absolute Gasteiger partial charge is 0.272 e. The van der Waals surface area contributed by atoms with Gasteiger partial charge in [0.25, 0.3) is 5.91 Å². The minimum atomic E-state index is -0.112. The molecule has 0 aromatic carbocycles. The van der Waals surface area contributed by atoms with Gasteiger partial charge >= 0.3 is 0 Å². The van der Waals surface area contributed by atoms with Gasteiger partial charge in [-0.2, -0.15) is 0 Å². The topological polar surface area (TPSA) is 59.2 Å². The molecule has 2 aliphatic rings. The molecule has 2 fully saturated rings. The first kappa shape index (κ1) is 10.7. The van der Waals surface area contributed by atoms with Crippen LogP contribution in [0.2, 0.25) is 0 Å². The van der Waals surface area contributed by atoms with Gasteiger partial charge in [0, 0.05) is 18.8 Å². The van der Waals surface area contributed by atoms with Gasteiger partial charge in [0.1, 0.15) is 5.69 Å². The van der Waals surface area contributed by atoms with Crippen LogP contribution >= 0.6 is 0 Å². The van der Waals surface area contributed by atoms with Crippen LogP contribution in [0.4, 0.5) is 0 Å². The molecule has 1 saturated carbocycles. The Hall–Kier alpha value is -1.42. The molecule has 1 aromatic rings. The van der Waals surface area contributed by atoms with Crippen molar-refractivity contribution in [2.45, 2.75) is 25.3 Å². The first-order valence-electron chi connectivity index (χ1n) is 6.10. The number of likely N-dealkylation sites (tertiary alicyclic amines) is 1. The molecule has 2 heterocycles. The zero-order valence-electron chi connectivity index (χ0n) is 10.0. The van der Waals surface area contributed by atoms with Gasteiger partial charge in [0.15, 0.2) is 0 Å². The van der Waals surface area contributed by atoms with Crippen LogP contribution in [-0.4, -0.2) is 34.4 Å². The molecule has 1 aliphatic carbocycles. The fourth-order valence-electron chi connectivity index (χ4n) is 2.55. The summed E-state index contributed by atoms with van der Waals surface area (Å²) in [5.74, 6) is 0.646. The maximum absolute atomic E-state index is 12.1. The lowest BCUT2D eigenvalue weighted by atomic mass is 9.85. The lowest BCUT2D eigenvalue weighted by molar-refractivity contribution is 0.0345. The predicted molar refractivity (Wildman–Crippen MR) is 64.5 cm³/mol. The van der Waals surface area contributed by atoms with Crippen LogP contribution in [0, 0.1) is 12.8 Å². The van der Waals surface area contributed by atoms with Crippen molar-refractivity contribution in [3.8, 4) is 0 Å². The molecule has 1 amide bonds. The fourth-order valence-corrected chi connectivity index (χ4v) is 2.55. The first-order valence-corrected chi connectivity index (χ1v) is 6.10. The Morgan fingerprint density at radius 3 is 2.76 bits per heavy atom. The second kappa shape index (κ2) is 3.53. The molecule has 1 aromatic heterocycles. The highest BCUT2D eigenvalue weighted by Gasteiger charge is 2.51. The van der Waals surface area contributed by atoms with Crippen molar-refractivity contribution in [3.63, 3.8) is 0 Å². The van der Waals surface area contributed by atoms with E-state index < -0.39 is 0 Å². The summed E-state index contributed by atoms with van der Waals surface area (Å²) in [6, 6.07) is 5.53. The number of pyridine rings is 1. The number of carbonyl (C=O) groups excluding carboxylic acids is 1. The fraction of sp³-hybridized carbons (Fsp3) is 0.538. The number of aromatic nitrogens is 1. The van der Waals surface area contributed by atoms with Crippen LogP contribution in [-0.2, 0) is 0 Å². The third kappa shape index (κ3) is 1.82. The molecular formula is C13H17N3O. The van der Waals surface area contributed by atoms with Crippen LogP contribution in [0.5, 0.6) is 0 Å². The molecule has 0 unspecified atom stereocenters. The highest BCUT2D eigenvalue weighted by molar-refractivity contribution is 5.93. The van der Waals surface area contributed by atoms with Crippen molar-refractivity contribution in [2.75, 3.05) is 13.1 Å². The Morgan fingerprint density at radius 2 is 2.18 bits per heavy atom. The average molecular weight is 231 g/mol. The highest BCUT2D eigenvalue weighted by atomic mass is 16.2. The zero-order chi connectivity index (χ0) is 12.0. The molecule has 2 N–H and O–H groups in total. The van der Waals surface area contributed by atoms with E-state index in [0.717, 1.165) is 5.69 Å². The van der Waals surface area contributed by atoms with Gasteiger partial charge in [0.2, 0.25) is 0 Å². The lowest BCUT2D eigenvalue weighted by Gasteiger charge is -2.48. The van der Waals surface area contributed by atoms with Crippen molar-refractivity contribution in [1.29, 1.82) is 0 Å². The summed E-state index contributed by atoms with van der Waals surface area (Å²) in [4.78, 5) is 18.2. The Balaban J connectivity index is 1.69. The van der Waals surface area contributed by atoms with E-state index >= 15 is 0 Å². The quantitative estimate of drug-likeness (QED) is 0.824. The molecule has 17 heavy (non-hydrogen) atoms. The van der Waals surface area contributed by atoms with Crippen molar-refractivity contribution in [3.05, 3.63) is 29.6 Å². The zero-order valence-corrected chi connectivity index (χ0v) is 10.0. The minimum absolute atomic E-state index is 0.00965. The number of rotatable bonds is 2. The molecule has 1 saturated heterocycles. The molecule has 0 radical (unpaired) electrons. The van der Waals surface area contributed by atoms with Gasteiger partial charge in [-0.15, -0.1) is 0 Å². The predicted octanol–water partition coefficient (Wildman–Crippen LogP) is 0.953. The van der Waals surface area contributed by atoms with Crippen molar-refractivity contribution in [1.82, 2.24) is 9.88 Å². The summed E-state index contributed by atoms with van der Waals surface area (Å²) < 4.78 is 0. The number of hydrogen-bond donors (Lipinski definition) is 1. The van der Waals surface area contributed by atoms with E-state index in [9.17, 15) is 4.79 Å². The number of nitrogens with two attached hydrogens (primary N) is 1. The summed E-state index contributed by atoms with van der Waals surface area (Å²) in [5.41, 5.74) is 7.52. The van der Waals surface area contributed by atoms with Crippen molar-refractivity contribution >= 4 is 5.91 Å². The Kier molecular flexibility index (Phi) is 2.23. The maximum Gasteiger partial charge on any atom is 0.272 e. The number of nitrogens with zero attached hydrogens (tertiary/aromatic N) is 2. The minimum Gasteiger partial charge on any atom is -0.333 e. The summed E-state index contributed by atoms with van der Waals surface area (Å²) in [6.45, 7) is 3.27. The summed E-state index contributed by atoms with van der Waals surface area (Å²) in [6.07, 6.45) is 2.45. The maximum atomic E-state index is 12.1. The highest BCUT2D eigenvalue weighted by Crippen LogP contribution is 2.43. The van der Waals surface area contributed by atoms with E-state index in [-0.39, 0.29) is 11.4 Å². The molecule has 0 spiro atoms. The molecule has 0 atom stereocenters. The summed E-state index contributed by atoms with van der Waals surface area (Å²) in [5, 5.41) is 0. The van der Waals surface area contributed by atoms with Crippen molar-refractivity contribution in [2.24, 2.45) is 11.7 Å². The average Bonchev–Trinajstić information content (AvgIpc) is 3.08.